The number of piperidine rings is 1. The molecule has 1 saturated carbocycles. The number of Topliss-reactive ketones (excluding diaryl/α,β-unsaturated/α-hetero) is 1. The first kappa shape index (κ1) is 14.8. The van der Waals surface area contributed by atoms with Gasteiger partial charge in [-0.05, 0) is 32.2 Å². The molecule has 1 aliphatic carbocycles. The van der Waals surface area contributed by atoms with Gasteiger partial charge in [-0.15, -0.1) is 0 Å². The summed E-state index contributed by atoms with van der Waals surface area (Å²) < 4.78 is 0. The Bertz CT molecular complexity index is 399. The van der Waals surface area contributed by atoms with Crippen molar-refractivity contribution in [1.29, 1.82) is 0 Å². The topological polar surface area (TPSA) is 52.7 Å². The van der Waals surface area contributed by atoms with Gasteiger partial charge >= 0.3 is 6.03 Å². The molecule has 3 fully saturated rings. The predicted molar refractivity (Wildman–Crippen MR) is 81.1 cm³/mol. The first-order valence-corrected chi connectivity index (χ1v) is 8.55. The number of urea groups is 1. The number of hydrogen-bond donors (Lipinski definition) is 1. The highest BCUT2D eigenvalue weighted by Gasteiger charge is 2.35. The minimum atomic E-state index is 0.0669. The van der Waals surface area contributed by atoms with E-state index in [4.69, 9.17) is 0 Å². The minimum absolute atomic E-state index is 0.0669. The molecule has 0 aromatic rings. The summed E-state index contributed by atoms with van der Waals surface area (Å²) in [6, 6.07) is 0.495. The summed E-state index contributed by atoms with van der Waals surface area (Å²) in [4.78, 5) is 28.3. The van der Waals surface area contributed by atoms with Gasteiger partial charge in [-0.2, -0.15) is 0 Å². The Kier molecular flexibility index (Phi) is 4.78. The minimum Gasteiger partial charge on any atom is -0.336 e. The van der Waals surface area contributed by atoms with Gasteiger partial charge in [0.2, 0.25) is 0 Å². The number of rotatable bonds is 4. The molecule has 118 valence electrons. The van der Waals surface area contributed by atoms with Crippen LogP contribution in [0, 0.1) is 5.92 Å². The lowest BCUT2D eigenvalue weighted by Gasteiger charge is -2.41. The van der Waals surface area contributed by atoms with Gasteiger partial charge in [0, 0.05) is 44.6 Å². The average molecular weight is 293 g/mol. The molecule has 5 heteroatoms. The fraction of sp³-hybridized carbons (Fsp3) is 0.875. The molecule has 5 nitrogen and oxygen atoms in total. The molecule has 3 aliphatic rings. The van der Waals surface area contributed by atoms with Gasteiger partial charge in [-0.3, -0.25) is 9.69 Å². The van der Waals surface area contributed by atoms with Gasteiger partial charge in [0.25, 0.3) is 0 Å². The quantitative estimate of drug-likeness (QED) is 0.857. The van der Waals surface area contributed by atoms with E-state index in [1.165, 1.54) is 19.3 Å². The van der Waals surface area contributed by atoms with Crippen LogP contribution in [-0.2, 0) is 4.79 Å². The maximum atomic E-state index is 12.3. The van der Waals surface area contributed by atoms with Crippen LogP contribution in [0.2, 0.25) is 0 Å². The second-order valence-corrected chi connectivity index (χ2v) is 6.64. The molecular weight excluding hydrogens is 266 g/mol. The van der Waals surface area contributed by atoms with Gasteiger partial charge in [0.15, 0.2) is 0 Å². The molecule has 2 atom stereocenters. The highest BCUT2D eigenvalue weighted by molar-refractivity contribution is 5.82. The van der Waals surface area contributed by atoms with E-state index in [9.17, 15) is 9.59 Å². The van der Waals surface area contributed by atoms with Crippen LogP contribution in [-0.4, -0.2) is 60.4 Å². The average Bonchev–Trinajstić information content (AvgIpc) is 2.91. The van der Waals surface area contributed by atoms with Crippen molar-refractivity contribution in [3.63, 3.8) is 0 Å². The molecule has 2 unspecified atom stereocenters. The monoisotopic (exact) mass is 293 g/mol. The Hall–Kier alpha value is -1.10. The van der Waals surface area contributed by atoms with Crippen molar-refractivity contribution in [2.24, 2.45) is 5.92 Å². The molecule has 2 saturated heterocycles. The first-order valence-electron chi connectivity index (χ1n) is 8.55. The number of hydrogen-bond acceptors (Lipinski definition) is 3. The van der Waals surface area contributed by atoms with Crippen LogP contribution in [0.4, 0.5) is 4.79 Å². The lowest BCUT2D eigenvalue weighted by Crippen LogP contribution is -2.50. The lowest BCUT2D eigenvalue weighted by molar-refractivity contribution is -0.127. The van der Waals surface area contributed by atoms with Crippen LogP contribution >= 0.6 is 0 Å². The molecule has 3 rings (SSSR count). The van der Waals surface area contributed by atoms with E-state index in [2.05, 4.69) is 10.2 Å². The van der Waals surface area contributed by atoms with Crippen molar-refractivity contribution in [2.45, 2.75) is 51.0 Å². The fourth-order valence-corrected chi connectivity index (χ4v) is 4.14. The van der Waals surface area contributed by atoms with Crippen LogP contribution in [0.15, 0.2) is 0 Å². The Morgan fingerprint density at radius 2 is 1.86 bits per heavy atom. The van der Waals surface area contributed by atoms with E-state index >= 15 is 0 Å². The fourth-order valence-electron chi connectivity index (χ4n) is 4.14. The van der Waals surface area contributed by atoms with Crippen LogP contribution < -0.4 is 5.32 Å². The van der Waals surface area contributed by atoms with Crippen LogP contribution in [0.5, 0.6) is 0 Å². The SMILES string of the molecule is O=C1CCCCC1C1CCCCN1CCN1CCNC1=O. The van der Waals surface area contributed by atoms with Gasteiger partial charge in [0.1, 0.15) is 5.78 Å². The van der Waals surface area contributed by atoms with Crippen molar-refractivity contribution in [1.82, 2.24) is 15.1 Å². The van der Waals surface area contributed by atoms with Crippen LogP contribution in [0.25, 0.3) is 0 Å². The molecule has 0 aromatic carbocycles. The van der Waals surface area contributed by atoms with E-state index < -0.39 is 0 Å². The summed E-state index contributed by atoms with van der Waals surface area (Å²) in [5.74, 6) is 0.739. The third kappa shape index (κ3) is 3.39. The van der Waals surface area contributed by atoms with Crippen molar-refractivity contribution in [2.75, 3.05) is 32.7 Å². The van der Waals surface area contributed by atoms with E-state index in [0.717, 1.165) is 58.4 Å². The number of carbonyl (C=O) groups excluding carboxylic acids is 2. The van der Waals surface area contributed by atoms with E-state index in [1.54, 1.807) is 0 Å². The Morgan fingerprint density at radius 1 is 1.00 bits per heavy atom. The number of carbonyl (C=O) groups is 2. The maximum Gasteiger partial charge on any atom is 0.317 e. The number of likely N-dealkylation sites (tertiary alicyclic amines) is 1. The Labute approximate surface area is 127 Å². The van der Waals surface area contributed by atoms with Gasteiger partial charge < -0.3 is 10.2 Å². The summed E-state index contributed by atoms with van der Waals surface area (Å²) in [5.41, 5.74) is 0. The van der Waals surface area contributed by atoms with E-state index in [1.807, 2.05) is 4.90 Å². The highest BCUT2D eigenvalue weighted by Crippen LogP contribution is 2.31. The predicted octanol–water partition coefficient (Wildman–Crippen LogP) is 1.63. The zero-order valence-corrected chi connectivity index (χ0v) is 12.9. The summed E-state index contributed by atoms with van der Waals surface area (Å²) >= 11 is 0. The third-order valence-electron chi connectivity index (χ3n) is 5.33. The molecule has 2 amide bonds. The van der Waals surface area contributed by atoms with Gasteiger partial charge in [-0.1, -0.05) is 12.8 Å². The number of ketones is 1. The Morgan fingerprint density at radius 3 is 2.62 bits per heavy atom. The highest BCUT2D eigenvalue weighted by atomic mass is 16.2. The normalized spacial score (nSPS) is 31.5. The molecular formula is C16H27N3O2. The first-order chi connectivity index (χ1) is 10.3. The largest absolute Gasteiger partial charge is 0.336 e. The van der Waals surface area contributed by atoms with E-state index in [-0.39, 0.29) is 11.9 Å². The summed E-state index contributed by atoms with van der Waals surface area (Å²) in [6.45, 7) is 4.39. The standard InChI is InChI=1S/C16H27N3O2/c20-15-7-2-1-5-13(15)14-6-3-4-9-18(14)11-12-19-10-8-17-16(19)21/h13-14H,1-12H2,(H,17,21). The van der Waals surface area contributed by atoms with Gasteiger partial charge in [0.05, 0.1) is 0 Å². The van der Waals surface area contributed by atoms with Crippen molar-refractivity contribution >= 4 is 11.8 Å². The summed E-state index contributed by atoms with van der Waals surface area (Å²) in [7, 11) is 0. The molecule has 2 aliphatic heterocycles. The molecule has 2 heterocycles. The van der Waals surface area contributed by atoms with Gasteiger partial charge in [-0.25, -0.2) is 4.79 Å². The molecule has 21 heavy (non-hydrogen) atoms. The molecule has 0 aromatic heterocycles. The van der Waals surface area contributed by atoms with Crippen molar-refractivity contribution in [3.05, 3.63) is 0 Å². The van der Waals surface area contributed by atoms with E-state index in [0.29, 0.717) is 11.8 Å². The van der Waals surface area contributed by atoms with Crippen LogP contribution in [0.1, 0.15) is 44.9 Å². The number of amides is 2. The summed E-state index contributed by atoms with van der Waals surface area (Å²) in [6.07, 6.45) is 7.76. The maximum absolute atomic E-state index is 12.3. The second-order valence-electron chi connectivity index (χ2n) is 6.64. The second kappa shape index (κ2) is 6.77. The molecule has 0 spiro atoms. The van der Waals surface area contributed by atoms with Crippen LogP contribution in [0.3, 0.4) is 0 Å². The molecule has 0 radical (unpaired) electrons. The molecule has 0 bridgehead atoms. The van der Waals surface area contributed by atoms with Crippen molar-refractivity contribution < 1.29 is 9.59 Å². The number of nitrogens with one attached hydrogen (secondary N) is 1. The third-order valence-corrected chi connectivity index (χ3v) is 5.33. The Balaban J connectivity index is 1.58. The summed E-state index contributed by atoms with van der Waals surface area (Å²) in [5, 5.41) is 2.85. The zero-order valence-electron chi connectivity index (χ0n) is 12.9. The molecule has 1 N–H and O–H groups in total. The lowest BCUT2D eigenvalue weighted by atomic mass is 9.79. The van der Waals surface area contributed by atoms with Crippen molar-refractivity contribution in [3.8, 4) is 0 Å². The zero-order chi connectivity index (χ0) is 14.7. The number of nitrogens with zero attached hydrogens (tertiary/aromatic N) is 2. The smallest absolute Gasteiger partial charge is 0.317 e.